The first-order chi connectivity index (χ1) is 18.7. The maximum Gasteiger partial charge on any atom is 0.210 e. The van der Waals surface area contributed by atoms with Gasteiger partial charge in [-0.3, -0.25) is 0 Å². The van der Waals surface area contributed by atoms with E-state index in [1.165, 1.54) is 0 Å². The van der Waals surface area contributed by atoms with Crippen molar-refractivity contribution in [2.45, 2.75) is 48.8 Å². The molecule has 10 nitrogen and oxygen atoms in total. The lowest BCUT2D eigenvalue weighted by Crippen LogP contribution is -2.11. The maximum absolute atomic E-state index is 6.29. The van der Waals surface area contributed by atoms with Gasteiger partial charge in [0.2, 0.25) is 10.3 Å². The maximum atomic E-state index is 6.29. The van der Waals surface area contributed by atoms with Crippen LogP contribution < -0.4 is 21.2 Å². The van der Waals surface area contributed by atoms with Gasteiger partial charge in [0.25, 0.3) is 0 Å². The van der Waals surface area contributed by atoms with Gasteiger partial charge < -0.3 is 21.2 Å². The van der Waals surface area contributed by atoms with E-state index >= 15 is 0 Å². The molecule has 4 aromatic rings. The normalized spacial score (nSPS) is 15.8. The van der Waals surface area contributed by atoms with E-state index in [9.17, 15) is 0 Å². The third-order valence-electron chi connectivity index (χ3n) is 6.13. The number of thioether (sulfide) groups is 2. The minimum Gasteiger partial charge on any atom is -0.494 e. The molecule has 0 unspecified atom stereocenters. The fourth-order valence-electron chi connectivity index (χ4n) is 4.01. The molecule has 0 atom stereocenters. The predicted molar refractivity (Wildman–Crippen MR) is 151 cm³/mol. The number of ether oxygens (including phenoxy) is 2. The SMILES string of the molecule is Nn1c2nnc1-c1ccc(cc1)OCCCCCOc1ccc(cc1)-c1nnc(n1N)SCCCCCS2. The first-order valence-corrected chi connectivity index (χ1v) is 14.8. The van der Waals surface area contributed by atoms with Crippen LogP contribution in [0.1, 0.15) is 38.5 Å². The highest BCUT2D eigenvalue weighted by Crippen LogP contribution is 2.26. The molecule has 200 valence electrons. The van der Waals surface area contributed by atoms with E-state index in [0.29, 0.717) is 35.2 Å². The van der Waals surface area contributed by atoms with Crippen molar-refractivity contribution in [2.24, 2.45) is 0 Å². The third-order valence-corrected chi connectivity index (χ3v) is 8.19. The van der Waals surface area contributed by atoms with Crippen LogP contribution in [-0.4, -0.2) is 54.5 Å². The molecule has 0 saturated carbocycles. The minimum absolute atomic E-state index is 0.642. The molecule has 3 aliphatic heterocycles. The summed E-state index contributed by atoms with van der Waals surface area (Å²) in [5.41, 5.74) is 1.82. The first-order valence-electron chi connectivity index (χ1n) is 12.8. The summed E-state index contributed by atoms with van der Waals surface area (Å²) >= 11 is 3.24. The molecule has 0 fully saturated rings. The molecule has 38 heavy (non-hydrogen) atoms. The lowest BCUT2D eigenvalue weighted by molar-refractivity contribution is 0.279. The predicted octanol–water partition coefficient (Wildman–Crippen LogP) is 4.63. The van der Waals surface area contributed by atoms with Gasteiger partial charge in [0, 0.05) is 22.6 Å². The number of nitrogens with two attached hydrogens (primary N) is 2. The molecule has 4 N–H and O–H groups in total. The smallest absolute Gasteiger partial charge is 0.210 e. The summed E-state index contributed by atoms with van der Waals surface area (Å²) in [5.74, 6) is 17.4. The lowest BCUT2D eigenvalue weighted by Gasteiger charge is -2.09. The summed E-state index contributed by atoms with van der Waals surface area (Å²) in [7, 11) is 0. The highest BCUT2D eigenvalue weighted by Gasteiger charge is 2.14. The molecule has 7 rings (SSSR count). The Hall–Kier alpha value is -3.38. The number of nitrogen functional groups attached to an aromatic ring is 2. The number of fused-ring (bicyclic) bond motifs is 2. The Bertz CT molecular complexity index is 1210. The molecule has 0 aliphatic carbocycles. The van der Waals surface area contributed by atoms with Crippen molar-refractivity contribution in [3.05, 3.63) is 48.5 Å². The molecule has 2 aromatic carbocycles. The summed E-state index contributed by atoms with van der Waals surface area (Å²) in [6, 6.07) is 15.7. The number of benzene rings is 2. The Kier molecular flexibility index (Phi) is 8.92. The molecule has 8 bridgehead atoms. The summed E-state index contributed by atoms with van der Waals surface area (Å²) in [5, 5.41) is 18.6. The second-order valence-electron chi connectivity index (χ2n) is 8.92. The van der Waals surface area contributed by atoms with E-state index in [0.717, 1.165) is 72.7 Å². The minimum atomic E-state index is 0.642. The average molecular weight is 553 g/mol. The first kappa shape index (κ1) is 26.2. The van der Waals surface area contributed by atoms with Crippen LogP contribution in [0.25, 0.3) is 22.8 Å². The Morgan fingerprint density at radius 1 is 0.553 bits per heavy atom. The standard InChI is InChI=1S/C26H32N8O2S2/c27-33-23-19-7-11-21(12-8-19)35-15-3-1-4-16-36-22-13-9-20(10-14-22)24-30-32-26(34(24)28)38-18-6-2-5-17-37-25(33)31-29-23/h7-14H,1-6,15-18,27-28H2. The summed E-state index contributed by atoms with van der Waals surface area (Å²) in [4.78, 5) is 0. The zero-order chi connectivity index (χ0) is 26.2. The van der Waals surface area contributed by atoms with Crippen LogP contribution in [-0.2, 0) is 0 Å². The van der Waals surface area contributed by atoms with Crippen molar-refractivity contribution in [3.63, 3.8) is 0 Å². The second kappa shape index (κ2) is 12.9. The molecule has 0 saturated heterocycles. The Morgan fingerprint density at radius 3 is 1.42 bits per heavy atom. The fraction of sp³-hybridized carbons (Fsp3) is 0.385. The largest absolute Gasteiger partial charge is 0.494 e. The van der Waals surface area contributed by atoms with E-state index in [-0.39, 0.29) is 0 Å². The Labute approximate surface area is 230 Å². The van der Waals surface area contributed by atoms with Crippen LogP contribution in [0.2, 0.25) is 0 Å². The monoisotopic (exact) mass is 552 g/mol. The quantitative estimate of drug-likeness (QED) is 0.298. The highest BCUT2D eigenvalue weighted by molar-refractivity contribution is 7.99. The van der Waals surface area contributed by atoms with Crippen molar-refractivity contribution in [3.8, 4) is 34.3 Å². The Balaban J connectivity index is 1.23. The van der Waals surface area contributed by atoms with Gasteiger partial charge >= 0.3 is 0 Å². The van der Waals surface area contributed by atoms with Gasteiger partial charge in [-0.25, -0.2) is 9.35 Å². The highest BCUT2D eigenvalue weighted by atomic mass is 32.2. The number of nitrogens with zero attached hydrogens (tertiary/aromatic N) is 6. The summed E-state index contributed by atoms with van der Waals surface area (Å²) in [6.45, 7) is 1.31. The molecule has 12 heteroatoms. The van der Waals surface area contributed by atoms with Crippen molar-refractivity contribution >= 4 is 23.5 Å². The number of hydrogen-bond donors (Lipinski definition) is 2. The molecular formula is C26H32N8O2S2. The van der Waals surface area contributed by atoms with Gasteiger partial charge in [0.1, 0.15) is 11.5 Å². The summed E-state index contributed by atoms with van der Waals surface area (Å²) < 4.78 is 14.9. The van der Waals surface area contributed by atoms with E-state index in [1.54, 1.807) is 32.9 Å². The molecule has 2 aromatic heterocycles. The zero-order valence-electron chi connectivity index (χ0n) is 21.2. The fourth-order valence-corrected chi connectivity index (χ4v) is 5.72. The van der Waals surface area contributed by atoms with Crippen LogP contribution in [0.4, 0.5) is 0 Å². The molecular weight excluding hydrogens is 520 g/mol. The molecule has 0 amide bonds. The van der Waals surface area contributed by atoms with E-state index in [2.05, 4.69) is 20.4 Å². The van der Waals surface area contributed by atoms with Crippen LogP contribution in [0.3, 0.4) is 0 Å². The third kappa shape index (κ3) is 6.54. The molecule has 3 aliphatic rings. The number of rotatable bonds is 0. The van der Waals surface area contributed by atoms with Gasteiger partial charge in [-0.05, 0) is 80.6 Å². The lowest BCUT2D eigenvalue weighted by atomic mass is 10.2. The van der Waals surface area contributed by atoms with Crippen LogP contribution >= 0.6 is 23.5 Å². The van der Waals surface area contributed by atoms with Gasteiger partial charge in [-0.1, -0.05) is 29.9 Å². The van der Waals surface area contributed by atoms with E-state index < -0.39 is 0 Å². The van der Waals surface area contributed by atoms with Crippen molar-refractivity contribution in [1.29, 1.82) is 0 Å². The molecule has 0 spiro atoms. The van der Waals surface area contributed by atoms with E-state index in [1.807, 2.05) is 48.5 Å². The zero-order valence-corrected chi connectivity index (χ0v) is 22.8. The number of aromatic nitrogens is 6. The van der Waals surface area contributed by atoms with Crippen LogP contribution in [0.15, 0.2) is 58.8 Å². The topological polar surface area (TPSA) is 132 Å². The second-order valence-corrected chi connectivity index (χ2v) is 11.0. The number of hydrogen-bond acceptors (Lipinski definition) is 10. The van der Waals surface area contributed by atoms with Crippen molar-refractivity contribution < 1.29 is 9.47 Å². The van der Waals surface area contributed by atoms with E-state index in [4.69, 9.17) is 21.2 Å². The van der Waals surface area contributed by atoms with Gasteiger partial charge in [-0.2, -0.15) is 0 Å². The van der Waals surface area contributed by atoms with Crippen molar-refractivity contribution in [2.75, 3.05) is 36.4 Å². The summed E-state index contributed by atoms with van der Waals surface area (Å²) in [6.07, 6.45) is 6.11. The molecule has 0 radical (unpaired) electrons. The van der Waals surface area contributed by atoms with Crippen LogP contribution in [0, 0.1) is 0 Å². The Morgan fingerprint density at radius 2 is 0.974 bits per heavy atom. The van der Waals surface area contributed by atoms with Gasteiger partial charge in [0.05, 0.1) is 13.2 Å². The van der Waals surface area contributed by atoms with Crippen LogP contribution in [0.5, 0.6) is 11.5 Å². The average Bonchev–Trinajstić information content (AvgIpc) is 3.49. The van der Waals surface area contributed by atoms with Gasteiger partial charge in [-0.15, -0.1) is 20.4 Å². The van der Waals surface area contributed by atoms with Crippen molar-refractivity contribution in [1.82, 2.24) is 29.7 Å². The molecule has 5 heterocycles. The van der Waals surface area contributed by atoms with Gasteiger partial charge in [0.15, 0.2) is 11.6 Å².